The molecule has 3 N–H and O–H groups in total. The number of alkyl carbamates (subject to hydrolysis) is 1. The molecule has 1 aliphatic heterocycles. The Morgan fingerprint density at radius 2 is 2.25 bits per heavy atom. The number of nitrogens with zero attached hydrogens (tertiary/aromatic N) is 1. The molecular weight excluding hydrogens is 258 g/mol. The molecule has 6 heteroatoms. The minimum Gasteiger partial charge on any atom is -0.450 e. The fraction of sp³-hybridized carbons (Fsp3) is 0.429. The van der Waals surface area contributed by atoms with Crippen LogP contribution in [0.1, 0.15) is 18.1 Å². The number of nitrogen functional groups attached to an aromatic ring is 1. The molecule has 1 aliphatic rings. The molecule has 0 spiro atoms. The first kappa shape index (κ1) is 14.3. The minimum atomic E-state index is -0.700. The van der Waals surface area contributed by atoms with Gasteiger partial charge in [0.25, 0.3) is 0 Å². The SMILES string of the molecule is CCOC(=O)NC(=O)CN1CCc2cccc(N)c2C1. The van der Waals surface area contributed by atoms with E-state index in [2.05, 4.69) is 16.1 Å². The Morgan fingerprint density at radius 3 is 3.00 bits per heavy atom. The van der Waals surface area contributed by atoms with Crippen molar-refractivity contribution in [3.63, 3.8) is 0 Å². The van der Waals surface area contributed by atoms with E-state index in [1.54, 1.807) is 6.92 Å². The number of hydrogen-bond donors (Lipinski definition) is 2. The second-order valence-corrected chi connectivity index (χ2v) is 4.71. The van der Waals surface area contributed by atoms with Crippen molar-refractivity contribution >= 4 is 17.7 Å². The second kappa shape index (κ2) is 6.38. The number of hydrogen-bond acceptors (Lipinski definition) is 5. The van der Waals surface area contributed by atoms with Crippen molar-refractivity contribution in [1.29, 1.82) is 0 Å². The van der Waals surface area contributed by atoms with Crippen LogP contribution in [0.15, 0.2) is 18.2 Å². The van der Waals surface area contributed by atoms with Crippen molar-refractivity contribution in [2.45, 2.75) is 19.9 Å². The van der Waals surface area contributed by atoms with E-state index < -0.39 is 6.09 Å². The number of benzene rings is 1. The van der Waals surface area contributed by atoms with Crippen LogP contribution in [0.2, 0.25) is 0 Å². The average molecular weight is 277 g/mol. The Hall–Kier alpha value is -2.08. The maximum atomic E-state index is 11.7. The highest BCUT2D eigenvalue weighted by atomic mass is 16.5. The first-order valence-corrected chi connectivity index (χ1v) is 6.65. The van der Waals surface area contributed by atoms with Gasteiger partial charge in [-0.15, -0.1) is 0 Å². The zero-order valence-electron chi connectivity index (χ0n) is 11.5. The lowest BCUT2D eigenvalue weighted by molar-refractivity contribution is -0.121. The van der Waals surface area contributed by atoms with Gasteiger partial charge in [0, 0.05) is 18.8 Å². The van der Waals surface area contributed by atoms with Gasteiger partial charge in [-0.25, -0.2) is 4.79 Å². The van der Waals surface area contributed by atoms with Crippen molar-refractivity contribution in [2.24, 2.45) is 0 Å². The molecule has 0 bridgehead atoms. The molecule has 1 aromatic rings. The number of nitrogens with two attached hydrogens (primary N) is 1. The van der Waals surface area contributed by atoms with Crippen LogP contribution in [0.25, 0.3) is 0 Å². The lowest BCUT2D eigenvalue weighted by Crippen LogP contribution is -2.42. The summed E-state index contributed by atoms with van der Waals surface area (Å²) in [7, 11) is 0. The number of imide groups is 1. The molecule has 0 saturated heterocycles. The van der Waals surface area contributed by atoms with Crippen LogP contribution in [-0.4, -0.2) is 36.6 Å². The van der Waals surface area contributed by atoms with E-state index in [9.17, 15) is 9.59 Å². The number of anilines is 1. The van der Waals surface area contributed by atoms with Crippen LogP contribution in [0.4, 0.5) is 10.5 Å². The molecule has 0 aromatic heterocycles. The van der Waals surface area contributed by atoms with E-state index in [-0.39, 0.29) is 19.1 Å². The largest absolute Gasteiger partial charge is 0.450 e. The van der Waals surface area contributed by atoms with Gasteiger partial charge in [-0.05, 0) is 30.5 Å². The molecule has 20 heavy (non-hydrogen) atoms. The third-order valence-corrected chi connectivity index (χ3v) is 3.27. The van der Waals surface area contributed by atoms with Crippen molar-refractivity contribution in [2.75, 3.05) is 25.4 Å². The summed E-state index contributed by atoms with van der Waals surface area (Å²) < 4.78 is 4.67. The molecule has 2 amide bonds. The van der Waals surface area contributed by atoms with E-state index in [4.69, 9.17) is 5.73 Å². The summed E-state index contributed by atoms with van der Waals surface area (Å²) in [4.78, 5) is 24.8. The standard InChI is InChI=1S/C14H19N3O3/c1-2-20-14(19)16-13(18)9-17-7-6-10-4-3-5-12(15)11(10)8-17/h3-5H,2,6-9,15H2,1H3,(H,16,18,19). The molecule has 0 unspecified atom stereocenters. The molecule has 0 saturated carbocycles. The topological polar surface area (TPSA) is 84.7 Å². The Morgan fingerprint density at radius 1 is 1.45 bits per heavy atom. The predicted molar refractivity (Wildman–Crippen MR) is 75.0 cm³/mol. The molecule has 0 fully saturated rings. The fourth-order valence-corrected chi connectivity index (χ4v) is 2.32. The molecule has 6 nitrogen and oxygen atoms in total. The van der Waals surface area contributed by atoms with Gasteiger partial charge in [-0.3, -0.25) is 15.0 Å². The summed E-state index contributed by atoms with van der Waals surface area (Å²) in [6.07, 6.45) is 0.155. The van der Waals surface area contributed by atoms with Crippen molar-refractivity contribution in [1.82, 2.24) is 10.2 Å². The van der Waals surface area contributed by atoms with E-state index >= 15 is 0 Å². The zero-order valence-corrected chi connectivity index (χ0v) is 11.5. The Labute approximate surface area is 117 Å². The van der Waals surface area contributed by atoms with Crippen LogP contribution in [-0.2, 0) is 22.5 Å². The lowest BCUT2D eigenvalue weighted by atomic mass is 9.98. The number of ether oxygens (including phenoxy) is 1. The Kier molecular flexibility index (Phi) is 4.57. The average Bonchev–Trinajstić information content (AvgIpc) is 2.39. The third-order valence-electron chi connectivity index (χ3n) is 3.27. The molecule has 1 aromatic carbocycles. The van der Waals surface area contributed by atoms with E-state index in [0.29, 0.717) is 6.54 Å². The van der Waals surface area contributed by atoms with Crippen LogP contribution >= 0.6 is 0 Å². The lowest BCUT2D eigenvalue weighted by Gasteiger charge is -2.28. The third kappa shape index (κ3) is 3.48. The molecule has 1 heterocycles. The van der Waals surface area contributed by atoms with Crippen molar-refractivity contribution in [3.05, 3.63) is 29.3 Å². The maximum absolute atomic E-state index is 11.7. The molecule has 0 radical (unpaired) electrons. The van der Waals surface area contributed by atoms with E-state index in [0.717, 1.165) is 24.2 Å². The molecule has 2 rings (SSSR count). The van der Waals surface area contributed by atoms with Gasteiger partial charge >= 0.3 is 6.09 Å². The normalized spacial score (nSPS) is 14.4. The summed E-state index contributed by atoms with van der Waals surface area (Å²) in [5, 5.41) is 2.19. The quantitative estimate of drug-likeness (QED) is 0.802. The number of carbonyl (C=O) groups is 2. The molecule has 108 valence electrons. The summed E-state index contributed by atoms with van der Waals surface area (Å²) in [6, 6.07) is 5.86. The number of rotatable bonds is 3. The summed E-state index contributed by atoms with van der Waals surface area (Å²) in [6.45, 7) is 3.48. The number of fused-ring (bicyclic) bond motifs is 1. The van der Waals surface area contributed by atoms with Crippen LogP contribution in [0.5, 0.6) is 0 Å². The highest BCUT2D eigenvalue weighted by Gasteiger charge is 2.20. The highest BCUT2D eigenvalue weighted by Crippen LogP contribution is 2.23. The van der Waals surface area contributed by atoms with Gasteiger partial charge in [0.1, 0.15) is 0 Å². The fourth-order valence-electron chi connectivity index (χ4n) is 2.32. The zero-order chi connectivity index (χ0) is 14.5. The summed E-state index contributed by atoms with van der Waals surface area (Å²) >= 11 is 0. The highest BCUT2D eigenvalue weighted by molar-refractivity contribution is 5.92. The Balaban J connectivity index is 1.91. The molecular formula is C14H19N3O3. The monoisotopic (exact) mass is 277 g/mol. The van der Waals surface area contributed by atoms with E-state index in [1.165, 1.54) is 5.56 Å². The van der Waals surface area contributed by atoms with Gasteiger partial charge in [-0.1, -0.05) is 12.1 Å². The first-order valence-electron chi connectivity index (χ1n) is 6.65. The summed E-state index contributed by atoms with van der Waals surface area (Å²) in [5.74, 6) is -0.360. The van der Waals surface area contributed by atoms with Gasteiger partial charge in [0.15, 0.2) is 0 Å². The summed E-state index contributed by atoms with van der Waals surface area (Å²) in [5.41, 5.74) is 9.00. The van der Waals surface area contributed by atoms with Crippen molar-refractivity contribution in [3.8, 4) is 0 Å². The molecule has 0 aliphatic carbocycles. The Bertz CT molecular complexity index is 516. The van der Waals surface area contributed by atoms with Crippen LogP contribution in [0, 0.1) is 0 Å². The minimum absolute atomic E-state index is 0.159. The van der Waals surface area contributed by atoms with Crippen molar-refractivity contribution < 1.29 is 14.3 Å². The van der Waals surface area contributed by atoms with Crippen LogP contribution in [0.3, 0.4) is 0 Å². The van der Waals surface area contributed by atoms with Gasteiger partial charge < -0.3 is 10.5 Å². The molecule has 0 atom stereocenters. The predicted octanol–water partition coefficient (Wildman–Crippen LogP) is 0.900. The first-order chi connectivity index (χ1) is 9.60. The van der Waals surface area contributed by atoms with E-state index in [1.807, 2.05) is 17.0 Å². The van der Waals surface area contributed by atoms with Gasteiger partial charge in [0.2, 0.25) is 5.91 Å². The second-order valence-electron chi connectivity index (χ2n) is 4.71. The number of amides is 2. The smallest absolute Gasteiger partial charge is 0.413 e. The number of carbonyl (C=O) groups excluding carboxylic acids is 2. The maximum Gasteiger partial charge on any atom is 0.413 e. The van der Waals surface area contributed by atoms with Gasteiger partial charge in [0.05, 0.1) is 13.2 Å². The van der Waals surface area contributed by atoms with Crippen LogP contribution < -0.4 is 11.1 Å². The van der Waals surface area contributed by atoms with Gasteiger partial charge in [-0.2, -0.15) is 0 Å². The number of nitrogens with one attached hydrogen (secondary N) is 1.